The number of rotatable bonds is 4. The average molecular weight is 283 g/mol. The number of aromatic amines is 1. The quantitative estimate of drug-likeness (QED) is 0.711. The molecule has 0 saturated carbocycles. The van der Waals surface area contributed by atoms with Gasteiger partial charge in [-0.2, -0.15) is 0 Å². The Kier molecular flexibility index (Phi) is 3.48. The molecule has 1 heterocycles. The van der Waals surface area contributed by atoms with E-state index in [4.69, 9.17) is 5.11 Å². The van der Waals surface area contributed by atoms with Gasteiger partial charge in [-0.15, -0.1) is 11.8 Å². The third-order valence-corrected chi connectivity index (χ3v) is 4.02. The topological polar surface area (TPSA) is 53.1 Å². The lowest BCUT2D eigenvalue weighted by molar-refractivity contribution is -0.133. The maximum atomic E-state index is 10.6. The van der Waals surface area contributed by atoms with Gasteiger partial charge in [-0.1, -0.05) is 30.3 Å². The van der Waals surface area contributed by atoms with Crippen molar-refractivity contribution in [1.82, 2.24) is 4.98 Å². The highest BCUT2D eigenvalue weighted by atomic mass is 32.2. The van der Waals surface area contributed by atoms with Gasteiger partial charge in [-0.25, -0.2) is 0 Å². The highest BCUT2D eigenvalue weighted by molar-refractivity contribution is 8.00. The van der Waals surface area contributed by atoms with Crippen molar-refractivity contribution in [3.8, 4) is 11.3 Å². The number of thioether (sulfide) groups is 1. The van der Waals surface area contributed by atoms with Crippen molar-refractivity contribution >= 4 is 28.6 Å². The second-order valence-electron chi connectivity index (χ2n) is 4.48. The molecule has 0 atom stereocenters. The maximum Gasteiger partial charge on any atom is 0.313 e. The fourth-order valence-corrected chi connectivity index (χ4v) is 2.78. The summed E-state index contributed by atoms with van der Waals surface area (Å²) in [6, 6.07) is 18.2. The van der Waals surface area contributed by atoms with Gasteiger partial charge in [0.15, 0.2) is 0 Å². The van der Waals surface area contributed by atoms with Crippen LogP contribution in [-0.4, -0.2) is 21.8 Å². The van der Waals surface area contributed by atoms with Crippen molar-refractivity contribution < 1.29 is 9.90 Å². The first-order valence-electron chi connectivity index (χ1n) is 6.25. The van der Waals surface area contributed by atoms with Crippen LogP contribution in [0.15, 0.2) is 59.5 Å². The first-order chi connectivity index (χ1) is 9.72. The van der Waals surface area contributed by atoms with Gasteiger partial charge in [-0.05, 0) is 29.8 Å². The molecular weight excluding hydrogens is 270 g/mol. The molecule has 0 aliphatic rings. The molecule has 0 fully saturated rings. The van der Waals surface area contributed by atoms with Crippen LogP contribution >= 0.6 is 11.8 Å². The van der Waals surface area contributed by atoms with E-state index in [2.05, 4.69) is 23.2 Å². The van der Waals surface area contributed by atoms with Gasteiger partial charge in [0.1, 0.15) is 0 Å². The lowest BCUT2D eigenvalue weighted by atomic mass is 10.1. The Bertz CT molecular complexity index is 750. The molecular formula is C16H13NO2S. The molecule has 3 aromatic rings. The summed E-state index contributed by atoms with van der Waals surface area (Å²) in [5.74, 6) is -0.712. The van der Waals surface area contributed by atoms with E-state index in [1.54, 1.807) is 0 Å². The van der Waals surface area contributed by atoms with Crippen LogP contribution < -0.4 is 0 Å². The molecule has 0 amide bonds. The second-order valence-corrected chi connectivity index (χ2v) is 5.53. The first-order valence-corrected chi connectivity index (χ1v) is 7.24. The molecule has 4 heteroatoms. The SMILES string of the molecule is O=C(O)CSc1ccc2[nH]c(-c3ccccc3)cc2c1. The van der Waals surface area contributed by atoms with E-state index in [-0.39, 0.29) is 5.75 Å². The summed E-state index contributed by atoms with van der Waals surface area (Å²) in [5.41, 5.74) is 3.27. The number of nitrogens with one attached hydrogen (secondary N) is 1. The van der Waals surface area contributed by atoms with E-state index < -0.39 is 5.97 Å². The molecule has 3 rings (SSSR count). The van der Waals surface area contributed by atoms with Crippen molar-refractivity contribution in [2.75, 3.05) is 5.75 Å². The summed E-state index contributed by atoms with van der Waals surface area (Å²) >= 11 is 1.34. The van der Waals surface area contributed by atoms with Gasteiger partial charge in [0.2, 0.25) is 0 Å². The smallest absolute Gasteiger partial charge is 0.313 e. The van der Waals surface area contributed by atoms with Gasteiger partial charge < -0.3 is 10.1 Å². The van der Waals surface area contributed by atoms with Gasteiger partial charge in [0.05, 0.1) is 5.75 Å². The lowest BCUT2D eigenvalue weighted by Crippen LogP contribution is -1.97. The summed E-state index contributed by atoms with van der Waals surface area (Å²) in [4.78, 5) is 14.9. The summed E-state index contributed by atoms with van der Waals surface area (Å²) in [7, 11) is 0. The largest absolute Gasteiger partial charge is 0.481 e. The zero-order chi connectivity index (χ0) is 13.9. The number of hydrogen-bond donors (Lipinski definition) is 2. The number of carboxylic acids is 1. The van der Waals surface area contributed by atoms with Crippen molar-refractivity contribution in [3.05, 3.63) is 54.6 Å². The van der Waals surface area contributed by atoms with Crippen molar-refractivity contribution in [2.45, 2.75) is 4.90 Å². The Morgan fingerprint density at radius 2 is 1.90 bits per heavy atom. The Hall–Kier alpha value is -2.20. The molecule has 0 aliphatic heterocycles. The van der Waals surface area contributed by atoms with Gasteiger partial charge in [0.25, 0.3) is 0 Å². The molecule has 0 spiro atoms. The normalized spacial score (nSPS) is 10.8. The first kappa shape index (κ1) is 12.8. The fourth-order valence-electron chi connectivity index (χ4n) is 2.12. The molecule has 100 valence electrons. The molecule has 20 heavy (non-hydrogen) atoms. The Morgan fingerprint density at radius 3 is 2.65 bits per heavy atom. The monoisotopic (exact) mass is 283 g/mol. The van der Waals surface area contributed by atoms with Crippen LogP contribution in [0.25, 0.3) is 22.2 Å². The number of carbonyl (C=O) groups is 1. The van der Waals surface area contributed by atoms with E-state index in [0.717, 1.165) is 27.1 Å². The van der Waals surface area contributed by atoms with Crippen molar-refractivity contribution in [1.29, 1.82) is 0 Å². The number of hydrogen-bond acceptors (Lipinski definition) is 2. The predicted molar refractivity (Wildman–Crippen MR) is 82.1 cm³/mol. The van der Waals surface area contributed by atoms with Crippen molar-refractivity contribution in [2.24, 2.45) is 0 Å². The molecule has 2 aromatic carbocycles. The van der Waals surface area contributed by atoms with Crippen LogP contribution in [0.1, 0.15) is 0 Å². The standard InChI is InChI=1S/C16H13NO2S/c18-16(19)10-20-13-6-7-14-12(8-13)9-15(17-14)11-4-2-1-3-5-11/h1-9,17H,10H2,(H,18,19). The van der Waals surface area contributed by atoms with Crippen LogP contribution in [0.2, 0.25) is 0 Å². The minimum atomic E-state index is -0.797. The molecule has 0 unspecified atom stereocenters. The summed E-state index contributed by atoms with van der Waals surface area (Å²) < 4.78 is 0. The highest BCUT2D eigenvalue weighted by Gasteiger charge is 2.05. The number of benzene rings is 2. The van der Waals surface area contributed by atoms with Crippen LogP contribution in [0.5, 0.6) is 0 Å². The summed E-state index contributed by atoms with van der Waals surface area (Å²) in [6.07, 6.45) is 0. The number of H-pyrrole nitrogens is 1. The summed E-state index contributed by atoms with van der Waals surface area (Å²) in [5, 5.41) is 9.81. The van der Waals surface area contributed by atoms with E-state index in [9.17, 15) is 4.79 Å². The Morgan fingerprint density at radius 1 is 1.10 bits per heavy atom. The Balaban J connectivity index is 1.93. The van der Waals surface area contributed by atoms with E-state index in [1.165, 1.54) is 11.8 Å². The van der Waals surface area contributed by atoms with Gasteiger partial charge in [0, 0.05) is 21.5 Å². The average Bonchev–Trinajstić information content (AvgIpc) is 2.89. The number of aromatic nitrogens is 1. The number of carboxylic acid groups (broad SMARTS) is 1. The van der Waals surface area contributed by atoms with Crippen LogP contribution in [0, 0.1) is 0 Å². The van der Waals surface area contributed by atoms with E-state index in [0.29, 0.717) is 0 Å². The second kappa shape index (κ2) is 5.43. The highest BCUT2D eigenvalue weighted by Crippen LogP contribution is 2.27. The zero-order valence-corrected chi connectivity index (χ0v) is 11.5. The third-order valence-electron chi connectivity index (χ3n) is 3.04. The Labute approximate surface area is 120 Å². The minimum absolute atomic E-state index is 0.0848. The van der Waals surface area contributed by atoms with Gasteiger partial charge in [-0.3, -0.25) is 4.79 Å². The van der Waals surface area contributed by atoms with Crippen LogP contribution in [-0.2, 0) is 4.79 Å². The molecule has 0 bridgehead atoms. The van der Waals surface area contributed by atoms with Crippen LogP contribution in [0.3, 0.4) is 0 Å². The summed E-state index contributed by atoms with van der Waals surface area (Å²) in [6.45, 7) is 0. The number of fused-ring (bicyclic) bond motifs is 1. The van der Waals surface area contributed by atoms with Crippen LogP contribution in [0.4, 0.5) is 0 Å². The molecule has 0 saturated heterocycles. The predicted octanol–water partition coefficient (Wildman–Crippen LogP) is 4.01. The van der Waals surface area contributed by atoms with E-state index in [1.807, 2.05) is 36.4 Å². The third kappa shape index (κ3) is 2.70. The van der Waals surface area contributed by atoms with Crippen molar-refractivity contribution in [3.63, 3.8) is 0 Å². The molecule has 3 nitrogen and oxygen atoms in total. The molecule has 0 aliphatic carbocycles. The lowest BCUT2D eigenvalue weighted by Gasteiger charge is -1.98. The van der Waals surface area contributed by atoms with E-state index >= 15 is 0 Å². The minimum Gasteiger partial charge on any atom is -0.481 e. The van der Waals surface area contributed by atoms with Gasteiger partial charge >= 0.3 is 5.97 Å². The zero-order valence-electron chi connectivity index (χ0n) is 10.7. The molecule has 2 N–H and O–H groups in total. The molecule has 0 radical (unpaired) electrons. The number of aliphatic carboxylic acids is 1. The fraction of sp³-hybridized carbons (Fsp3) is 0.0625. The maximum absolute atomic E-state index is 10.6. The molecule has 1 aromatic heterocycles.